The van der Waals surface area contributed by atoms with Gasteiger partial charge in [0.2, 0.25) is 11.8 Å². The Hall–Kier alpha value is -8.01. The number of aromatic nitrogens is 3. The van der Waals surface area contributed by atoms with Crippen LogP contribution < -0.4 is 35.6 Å². The van der Waals surface area contributed by atoms with Gasteiger partial charge in [0, 0.05) is 119 Å². The van der Waals surface area contributed by atoms with Crippen LogP contribution in [0.25, 0.3) is 16.6 Å². The number of aliphatic hydroxyl groups excluding tert-OH is 1. The number of carbonyl (C=O) groups is 3. The number of nitro groups is 1. The smallest absolute Gasteiger partial charge is 0.293 e. The first kappa shape index (κ1) is 75.7. The molecular weight excluding hydrogens is 1380 g/mol. The number of anilines is 3. The summed E-state index contributed by atoms with van der Waals surface area (Å²) in [7, 11) is -4.63. The number of thiazole rings is 1. The Bertz CT molecular complexity index is 4310. The SMILES string of the molecule is Cc1ncsc1N[C@](C)(NC(=O)[C@@H]1C[C@@H](O)CN1C(=O)C(NCCCCCN1CCN(C2CCC(CNc3ccc(S(=O)(=O)NC(=O)c4ccc(N5CCN(CC6=C(c7ccc(Cl)cc7)CC(C)(C)CC6)CC5)cc4Oc4cnc5[nH]ccc5c4)cc3[N+](=O)[O-])CC2)CC1)C(C)(C)C)c1ccccc1. The molecule has 3 aliphatic heterocycles. The molecule has 0 bridgehead atoms. The number of pyridine rings is 1. The quantitative estimate of drug-likeness (QED) is 0.0109. The largest absolute Gasteiger partial charge is 0.455 e. The van der Waals surface area contributed by atoms with Gasteiger partial charge in [-0.25, -0.2) is 23.1 Å². The van der Waals surface area contributed by atoms with Crippen molar-refractivity contribution in [2.45, 2.75) is 154 Å². The summed E-state index contributed by atoms with van der Waals surface area (Å²) in [6.45, 7) is 24.6. The van der Waals surface area contributed by atoms with Crippen molar-refractivity contribution in [2.75, 3.05) is 101 Å². The van der Waals surface area contributed by atoms with Crippen LogP contribution in [0.1, 0.15) is 139 Å². The summed E-state index contributed by atoms with van der Waals surface area (Å²) >= 11 is 7.74. The van der Waals surface area contributed by atoms with E-state index in [2.05, 4.69) is 86.5 Å². The average Bonchev–Trinajstić information content (AvgIpc) is 0.896. The molecule has 4 fully saturated rings. The van der Waals surface area contributed by atoms with Crippen LogP contribution >= 0.6 is 22.9 Å². The minimum Gasteiger partial charge on any atom is -0.455 e. The van der Waals surface area contributed by atoms with Gasteiger partial charge in [0.05, 0.1) is 44.9 Å². The van der Waals surface area contributed by atoms with Crippen molar-refractivity contribution < 1.29 is 37.6 Å². The number of likely N-dealkylation sites (tertiary alicyclic amines) is 1. The minimum atomic E-state index is -4.63. The lowest BCUT2D eigenvalue weighted by Gasteiger charge is -2.42. The van der Waals surface area contributed by atoms with Gasteiger partial charge in [0.25, 0.3) is 21.6 Å². The number of nitrogens with one attached hydrogen (secondary N) is 6. The molecule has 4 aromatic carbocycles. The molecule has 0 spiro atoms. The fourth-order valence-corrected chi connectivity index (χ4v) is 17.5. The number of unbranched alkanes of at least 4 members (excludes halogenated alkanes) is 2. The number of nitrogens with zero attached hydrogens (tertiary/aromatic N) is 8. The molecule has 3 saturated heterocycles. The van der Waals surface area contributed by atoms with E-state index in [1.54, 1.807) is 40.9 Å². The van der Waals surface area contributed by atoms with Crippen molar-refractivity contribution >= 4 is 89.4 Å². The lowest BCUT2D eigenvalue weighted by molar-refractivity contribution is -0.384. The molecule has 7 N–H and O–H groups in total. The van der Waals surface area contributed by atoms with Gasteiger partial charge < -0.3 is 50.8 Å². The van der Waals surface area contributed by atoms with Crippen molar-refractivity contribution in [3.63, 3.8) is 0 Å². The molecule has 3 aromatic heterocycles. The van der Waals surface area contributed by atoms with E-state index >= 15 is 0 Å². The van der Waals surface area contributed by atoms with Crippen LogP contribution in [0, 0.1) is 33.8 Å². The van der Waals surface area contributed by atoms with E-state index < -0.39 is 60.7 Å². The lowest BCUT2D eigenvalue weighted by Crippen LogP contribution is -2.59. The molecule has 2 aliphatic carbocycles. The van der Waals surface area contributed by atoms with Gasteiger partial charge in [0.1, 0.15) is 39.5 Å². The Morgan fingerprint density at radius 2 is 1.62 bits per heavy atom. The molecule has 12 rings (SSSR count). The molecule has 4 atom stereocenters. The highest BCUT2D eigenvalue weighted by Crippen LogP contribution is 2.44. The van der Waals surface area contributed by atoms with Gasteiger partial charge in [-0.2, -0.15) is 0 Å². The second-order valence-electron chi connectivity index (χ2n) is 30.9. The topological polar surface area (TPSA) is 276 Å². The highest BCUT2D eigenvalue weighted by molar-refractivity contribution is 7.90. The number of allylic oxidation sites excluding steroid dienone is 1. The molecule has 5 aliphatic rings. The molecule has 7 aromatic rings. The van der Waals surface area contributed by atoms with Crippen molar-refractivity contribution in [2.24, 2.45) is 16.7 Å². The second kappa shape index (κ2) is 32.8. The molecule has 3 amide bonds. The average molecular weight is 1480 g/mol. The summed E-state index contributed by atoms with van der Waals surface area (Å²) in [4.78, 5) is 78.0. The maximum absolute atomic E-state index is 14.5. The predicted octanol–water partition coefficient (Wildman–Crippen LogP) is 12.4. The number of aryl methyl sites for hydroxylation is 1. The number of aromatic amines is 1. The van der Waals surface area contributed by atoms with Gasteiger partial charge in [0.15, 0.2) is 0 Å². The summed E-state index contributed by atoms with van der Waals surface area (Å²) in [5.74, 6) is -0.772. The summed E-state index contributed by atoms with van der Waals surface area (Å²) in [6.07, 6.45) is 12.6. The number of rotatable bonds is 27. The zero-order valence-electron chi connectivity index (χ0n) is 60.9. The number of β-amino-alcohol motifs (C(OH)–C–C–N with tert-alkyl or cyclic N) is 1. The minimum absolute atomic E-state index is 0.0468. The van der Waals surface area contributed by atoms with Crippen LogP contribution in [0.5, 0.6) is 11.5 Å². The van der Waals surface area contributed by atoms with Gasteiger partial charge in [-0.1, -0.05) is 101 Å². The normalized spacial score (nSPS) is 21.0. The summed E-state index contributed by atoms with van der Waals surface area (Å²) in [5.41, 5.74) is 7.41. The Morgan fingerprint density at radius 1 is 0.875 bits per heavy atom. The van der Waals surface area contributed by atoms with Crippen LogP contribution in [-0.4, -0.2) is 180 Å². The number of H-pyrrole nitrogens is 1. The number of piperazine rings is 2. The van der Waals surface area contributed by atoms with Crippen LogP contribution in [-0.2, 0) is 25.3 Å². The van der Waals surface area contributed by atoms with E-state index in [-0.39, 0.29) is 53.1 Å². The Labute approximate surface area is 620 Å². The zero-order chi connectivity index (χ0) is 73.5. The number of carbonyl (C=O) groups excluding carboxylic acids is 3. The zero-order valence-corrected chi connectivity index (χ0v) is 63.3. The number of amides is 3. The van der Waals surface area contributed by atoms with Gasteiger partial charge in [-0.05, 0) is 167 Å². The number of halogens is 1. The number of nitro benzene ring substituents is 1. The highest BCUT2D eigenvalue weighted by Gasteiger charge is 2.46. The third kappa shape index (κ3) is 18.6. The predicted molar refractivity (Wildman–Crippen MR) is 411 cm³/mol. The molecule has 556 valence electrons. The molecule has 26 heteroatoms. The van der Waals surface area contributed by atoms with Gasteiger partial charge in [-0.3, -0.25) is 34.3 Å². The van der Waals surface area contributed by atoms with Gasteiger partial charge in [-0.15, -0.1) is 11.3 Å². The Morgan fingerprint density at radius 3 is 2.33 bits per heavy atom. The Kier molecular flexibility index (Phi) is 23.9. The van der Waals surface area contributed by atoms with Crippen LogP contribution in [0.3, 0.4) is 0 Å². The number of ether oxygens (including phenoxy) is 1. The number of benzene rings is 4. The lowest BCUT2D eigenvalue weighted by atomic mass is 9.72. The Balaban J connectivity index is 0.588. The summed E-state index contributed by atoms with van der Waals surface area (Å²) < 4.78 is 36.8. The molecule has 1 unspecified atom stereocenters. The van der Waals surface area contributed by atoms with Crippen LogP contribution in [0.4, 0.5) is 22.1 Å². The van der Waals surface area contributed by atoms with E-state index in [0.717, 1.165) is 155 Å². The fraction of sp³-hybridized carbons (Fsp3) is 0.500. The van der Waals surface area contributed by atoms with E-state index in [4.69, 9.17) is 16.3 Å². The molecule has 104 heavy (non-hydrogen) atoms. The third-order valence-electron chi connectivity index (χ3n) is 21.7. The molecule has 6 heterocycles. The maximum atomic E-state index is 14.5. The second-order valence-corrected chi connectivity index (χ2v) is 33.9. The van der Waals surface area contributed by atoms with Crippen molar-refractivity contribution in [1.29, 1.82) is 0 Å². The monoisotopic (exact) mass is 1480 g/mol. The van der Waals surface area contributed by atoms with Gasteiger partial charge >= 0.3 is 0 Å². The number of aliphatic hydroxyl groups is 1. The number of hydrogen-bond donors (Lipinski definition) is 7. The molecule has 0 radical (unpaired) electrons. The first-order valence-corrected chi connectivity index (χ1v) is 39.5. The van der Waals surface area contributed by atoms with E-state index in [9.17, 15) is 38.0 Å². The molecule has 1 saturated carbocycles. The summed E-state index contributed by atoms with van der Waals surface area (Å²) in [5, 5.41) is 39.4. The number of sulfonamides is 1. The molecular formula is C78H101ClN14O9S2. The highest BCUT2D eigenvalue weighted by atomic mass is 35.5. The number of hydrogen-bond acceptors (Lipinski definition) is 19. The molecule has 23 nitrogen and oxygen atoms in total. The first-order chi connectivity index (χ1) is 49.7. The van der Waals surface area contributed by atoms with Crippen LogP contribution in [0.2, 0.25) is 5.02 Å². The van der Waals surface area contributed by atoms with Crippen molar-refractivity contribution in [3.05, 3.63) is 164 Å². The first-order valence-electron chi connectivity index (χ1n) is 36.8. The maximum Gasteiger partial charge on any atom is 0.293 e. The third-order valence-corrected chi connectivity index (χ3v) is 24.1. The number of fused-ring (bicyclic) bond motifs is 1. The van der Waals surface area contributed by atoms with E-state index in [1.165, 1.54) is 46.4 Å². The van der Waals surface area contributed by atoms with Crippen LogP contribution in [0.15, 0.2) is 132 Å². The van der Waals surface area contributed by atoms with Crippen molar-refractivity contribution in [1.82, 2.24) is 49.9 Å². The van der Waals surface area contributed by atoms with E-state index in [0.29, 0.717) is 43.6 Å². The van der Waals surface area contributed by atoms with E-state index in [1.807, 2.05) is 83.1 Å². The summed E-state index contributed by atoms with van der Waals surface area (Å²) in [6, 6.07) is 29.3. The fourth-order valence-electron chi connectivity index (χ4n) is 15.6. The standard InChI is InChI=1S/C78H101ClN14O9S2/c1-52-74(103-51-84-52)86-78(7,57-14-10-8-11-15-57)85-73(96)68-44-61(94)50-92(68)75(97)70(76(2,3)4)80-31-12-9-13-33-88-34-38-90(39-35-88)59-22-16-53(17-23-59)47-82-66-27-25-63(45-67(66)93(98)99)104(100,101)87-72(95)64-26-24-60(43-69(64)102-62-42-55-29-32-81-71(55)83-48-62)91-40-36-89(37-41-91)49-56-28-30-77(5,6)46-65(56)54-18-20-58(79)21-19-54/h8,10-11,14-15,18-21,24-27,29,32,42-43,45,48,51,53,59,61,68,70,80,82,86,94H,9,12-13,16-17,22-23,28,30-31,33-41,44,46-47,49-50H2,1-7H3,(H,81,83)(H,85,96)(H,87,95)/t53?,59?,61-,68+,70?,78+/m1/s1. The van der Waals surface area contributed by atoms with Crippen molar-refractivity contribution in [3.8, 4) is 11.5 Å².